The molecule has 1 N–H and O–H groups in total. The minimum Gasteiger partial charge on any atom is -0.503 e. The Bertz CT molecular complexity index is 1510. The highest BCUT2D eigenvalue weighted by Crippen LogP contribution is 2.43. The number of hydrogen-bond donors (Lipinski definition) is 1. The number of aliphatic hydroxyl groups excluding tert-OH is 1. The van der Waals surface area contributed by atoms with E-state index in [0.29, 0.717) is 45.3 Å². The molecule has 1 atom stereocenters. The van der Waals surface area contributed by atoms with Crippen LogP contribution in [0.1, 0.15) is 29.1 Å². The second-order valence-corrected chi connectivity index (χ2v) is 8.46. The number of ketones is 1. The van der Waals surface area contributed by atoms with E-state index >= 15 is 0 Å². The first kappa shape index (κ1) is 23.4. The van der Waals surface area contributed by atoms with Gasteiger partial charge in [0.1, 0.15) is 5.75 Å². The number of furan rings is 1. The number of halogens is 1. The number of carbonyl (C=O) groups excluding carboxylic acids is 2. The van der Waals surface area contributed by atoms with Gasteiger partial charge in [0.15, 0.2) is 22.9 Å². The fraction of sp³-hybridized carbons (Fsp3) is 0.148. The predicted molar refractivity (Wildman–Crippen MR) is 134 cm³/mol. The summed E-state index contributed by atoms with van der Waals surface area (Å²) >= 11 is 6.16. The molecule has 9 heteroatoms. The van der Waals surface area contributed by atoms with Gasteiger partial charge < -0.3 is 19.0 Å². The van der Waals surface area contributed by atoms with Gasteiger partial charge in [0.05, 0.1) is 25.3 Å². The third-order valence-corrected chi connectivity index (χ3v) is 6.07. The van der Waals surface area contributed by atoms with E-state index in [4.69, 9.17) is 25.5 Å². The molecule has 4 aromatic rings. The summed E-state index contributed by atoms with van der Waals surface area (Å²) in [5.74, 6) is -1.20. The Morgan fingerprint density at radius 1 is 1.19 bits per heavy atom. The molecule has 0 aliphatic carbocycles. The number of anilines is 1. The molecule has 5 rings (SSSR count). The molecule has 0 radical (unpaired) electrons. The Hall–Kier alpha value is -4.30. The summed E-state index contributed by atoms with van der Waals surface area (Å²) < 4.78 is 16.8. The molecule has 36 heavy (non-hydrogen) atoms. The van der Waals surface area contributed by atoms with Crippen LogP contribution >= 0.6 is 11.6 Å². The Kier molecular flexibility index (Phi) is 6.12. The van der Waals surface area contributed by atoms with Crippen molar-refractivity contribution < 1.29 is 28.6 Å². The van der Waals surface area contributed by atoms with Crippen molar-refractivity contribution in [1.29, 1.82) is 0 Å². The van der Waals surface area contributed by atoms with Crippen LogP contribution in [0.3, 0.4) is 0 Å². The Balaban J connectivity index is 1.64. The number of amides is 1. The summed E-state index contributed by atoms with van der Waals surface area (Å²) in [5.41, 5.74) is 1.19. The lowest BCUT2D eigenvalue weighted by molar-refractivity contribution is -0.117. The molecule has 0 saturated carbocycles. The average Bonchev–Trinajstić information content (AvgIpc) is 3.43. The highest BCUT2D eigenvalue weighted by atomic mass is 35.5. The van der Waals surface area contributed by atoms with Crippen molar-refractivity contribution >= 4 is 39.9 Å². The molecule has 1 aliphatic rings. The van der Waals surface area contributed by atoms with E-state index < -0.39 is 23.5 Å². The van der Waals surface area contributed by atoms with Crippen molar-refractivity contribution in [1.82, 2.24) is 4.98 Å². The lowest BCUT2D eigenvalue weighted by atomic mass is 9.96. The van der Waals surface area contributed by atoms with Gasteiger partial charge >= 0.3 is 0 Å². The van der Waals surface area contributed by atoms with Crippen molar-refractivity contribution in [2.24, 2.45) is 0 Å². The van der Waals surface area contributed by atoms with Crippen LogP contribution in [-0.2, 0) is 4.79 Å². The second-order valence-electron chi connectivity index (χ2n) is 8.02. The maximum atomic E-state index is 13.8. The fourth-order valence-corrected chi connectivity index (χ4v) is 4.55. The van der Waals surface area contributed by atoms with Gasteiger partial charge in [-0.05, 0) is 42.8 Å². The highest BCUT2D eigenvalue weighted by molar-refractivity contribution is 6.31. The Morgan fingerprint density at radius 3 is 2.75 bits per heavy atom. The summed E-state index contributed by atoms with van der Waals surface area (Å²) in [6.45, 7) is 2.29. The van der Waals surface area contributed by atoms with Crippen LogP contribution in [-0.4, -0.2) is 35.5 Å². The lowest BCUT2D eigenvalue weighted by Crippen LogP contribution is -2.31. The molecular weight excluding hydrogens is 484 g/mol. The molecule has 8 nitrogen and oxygen atoms in total. The molecule has 0 saturated heterocycles. The first-order valence-corrected chi connectivity index (χ1v) is 11.5. The monoisotopic (exact) mass is 504 g/mol. The van der Waals surface area contributed by atoms with Crippen LogP contribution in [0.2, 0.25) is 5.02 Å². The van der Waals surface area contributed by atoms with E-state index in [0.717, 1.165) is 0 Å². The maximum Gasteiger partial charge on any atom is 0.294 e. The van der Waals surface area contributed by atoms with E-state index in [-0.39, 0.29) is 11.3 Å². The second kappa shape index (κ2) is 9.39. The number of fused-ring (bicyclic) bond motifs is 1. The van der Waals surface area contributed by atoms with Crippen LogP contribution in [0, 0.1) is 0 Å². The molecule has 2 aromatic carbocycles. The van der Waals surface area contributed by atoms with Crippen molar-refractivity contribution in [3.63, 3.8) is 0 Å². The molecular formula is C27H21ClN2O6. The normalized spacial score (nSPS) is 15.6. The zero-order valence-electron chi connectivity index (χ0n) is 19.4. The first-order chi connectivity index (χ1) is 17.4. The zero-order chi connectivity index (χ0) is 25.4. The molecule has 0 bridgehead atoms. The number of Topliss-reactive ketones (excluding diaryl/α,β-unsaturated/α-hetero) is 1. The van der Waals surface area contributed by atoms with Crippen molar-refractivity contribution in [3.05, 3.63) is 94.7 Å². The molecule has 1 amide bonds. The Morgan fingerprint density at radius 2 is 2.03 bits per heavy atom. The third kappa shape index (κ3) is 3.95. The molecule has 2 aromatic heterocycles. The van der Waals surface area contributed by atoms with Gasteiger partial charge in [-0.25, -0.2) is 0 Å². The molecule has 1 unspecified atom stereocenters. The van der Waals surface area contributed by atoms with Gasteiger partial charge in [0, 0.05) is 40.6 Å². The summed E-state index contributed by atoms with van der Waals surface area (Å²) in [5, 5.41) is 11.9. The fourth-order valence-electron chi connectivity index (χ4n) is 4.33. The number of nitrogens with zero attached hydrogens (tertiary/aromatic N) is 2. The Labute approximate surface area is 211 Å². The predicted octanol–water partition coefficient (Wildman–Crippen LogP) is 5.67. The number of ether oxygens (including phenoxy) is 2. The van der Waals surface area contributed by atoms with Crippen LogP contribution in [0.4, 0.5) is 5.69 Å². The molecule has 182 valence electrons. The SMILES string of the molecule is CCOc1cccc(N2C(=O)C(O)=C(C(=O)c3cc4cc(Cl)cc(OC)c4o3)C2c2cccnc2)c1. The number of benzene rings is 2. The molecule has 1 aliphatic heterocycles. The topological polar surface area (TPSA) is 102 Å². The average molecular weight is 505 g/mol. The molecule has 3 heterocycles. The van der Waals surface area contributed by atoms with E-state index in [2.05, 4.69) is 4.98 Å². The van der Waals surface area contributed by atoms with E-state index in [1.54, 1.807) is 60.9 Å². The quantitative estimate of drug-likeness (QED) is 0.323. The highest BCUT2D eigenvalue weighted by Gasteiger charge is 2.45. The third-order valence-electron chi connectivity index (χ3n) is 5.85. The van der Waals surface area contributed by atoms with Gasteiger partial charge in [-0.2, -0.15) is 0 Å². The largest absolute Gasteiger partial charge is 0.503 e. The summed E-state index contributed by atoms with van der Waals surface area (Å²) in [6, 6.07) is 14.1. The minimum atomic E-state index is -0.950. The van der Waals surface area contributed by atoms with Crippen LogP contribution in [0.5, 0.6) is 11.5 Å². The minimum absolute atomic E-state index is 0.0706. The van der Waals surface area contributed by atoms with Crippen molar-refractivity contribution in [3.8, 4) is 11.5 Å². The smallest absolute Gasteiger partial charge is 0.294 e. The number of carbonyl (C=O) groups is 2. The van der Waals surface area contributed by atoms with Gasteiger partial charge in [-0.1, -0.05) is 23.7 Å². The number of methoxy groups -OCH3 is 1. The summed E-state index contributed by atoms with van der Waals surface area (Å²) in [6.07, 6.45) is 3.13. The zero-order valence-corrected chi connectivity index (χ0v) is 20.2. The summed E-state index contributed by atoms with van der Waals surface area (Å²) in [4.78, 5) is 32.6. The van der Waals surface area contributed by atoms with Gasteiger partial charge in [-0.3, -0.25) is 19.5 Å². The van der Waals surface area contributed by atoms with E-state index in [9.17, 15) is 14.7 Å². The van der Waals surface area contributed by atoms with Crippen LogP contribution in [0.15, 0.2) is 82.7 Å². The van der Waals surface area contributed by atoms with Crippen molar-refractivity contribution in [2.45, 2.75) is 13.0 Å². The molecule has 0 spiro atoms. The van der Waals surface area contributed by atoms with Gasteiger partial charge in [0.25, 0.3) is 5.91 Å². The number of aliphatic hydroxyl groups is 1. The first-order valence-electron chi connectivity index (χ1n) is 11.1. The number of rotatable bonds is 7. The van der Waals surface area contributed by atoms with Gasteiger partial charge in [-0.15, -0.1) is 0 Å². The lowest BCUT2D eigenvalue weighted by Gasteiger charge is -2.26. The van der Waals surface area contributed by atoms with Crippen LogP contribution in [0.25, 0.3) is 11.0 Å². The maximum absolute atomic E-state index is 13.8. The number of pyridine rings is 1. The van der Waals surface area contributed by atoms with Crippen LogP contribution < -0.4 is 14.4 Å². The van der Waals surface area contributed by atoms with Gasteiger partial charge in [0.2, 0.25) is 5.78 Å². The number of hydrogen-bond acceptors (Lipinski definition) is 7. The molecule has 0 fully saturated rings. The summed E-state index contributed by atoms with van der Waals surface area (Å²) in [7, 11) is 1.46. The van der Waals surface area contributed by atoms with E-state index in [1.807, 2.05) is 6.92 Å². The number of aromatic nitrogens is 1. The van der Waals surface area contributed by atoms with E-state index in [1.165, 1.54) is 18.1 Å². The van der Waals surface area contributed by atoms with Crippen molar-refractivity contribution in [2.75, 3.05) is 18.6 Å². The standard InChI is InChI=1S/C27H21ClN2O6/c1-3-35-19-8-4-7-18(13-19)30-23(15-6-5-9-29-14-15)22(25(32)27(30)33)24(31)20-11-16-10-17(28)12-21(34-2)26(16)36-20/h4-14,23,32H,3H2,1-2H3.